The Balaban J connectivity index is 1.35. The van der Waals surface area contributed by atoms with Crippen molar-refractivity contribution in [3.63, 3.8) is 0 Å². The van der Waals surface area contributed by atoms with Crippen LogP contribution in [0.5, 0.6) is 11.8 Å². The summed E-state index contributed by atoms with van der Waals surface area (Å²) in [4.78, 5) is 15.1. The molecule has 0 spiro atoms. The van der Waals surface area contributed by atoms with Gasteiger partial charge in [-0.3, -0.25) is 4.90 Å². The molecule has 1 N–H and O–H groups in total. The summed E-state index contributed by atoms with van der Waals surface area (Å²) in [6.45, 7) is 7.11. The number of hydrogen-bond donors (Lipinski definition) is 1. The lowest BCUT2D eigenvalue weighted by atomic mass is 9.93. The molecule has 196 valence electrons. The number of aryl methyl sites for hydroxylation is 1. The lowest BCUT2D eigenvalue weighted by molar-refractivity contribution is 0.108. The zero-order valence-electron chi connectivity index (χ0n) is 21.9. The zero-order chi connectivity index (χ0) is 25.7. The molecular weight excluding hydrogens is 492 g/mol. The molecule has 7 heteroatoms. The molecule has 0 aliphatic carbocycles. The van der Waals surface area contributed by atoms with E-state index in [1.165, 1.54) is 38.8 Å². The van der Waals surface area contributed by atoms with Crippen LogP contribution < -0.4 is 9.64 Å². The number of ether oxygens (including phenoxy) is 1. The molecule has 3 aliphatic heterocycles. The molecule has 0 saturated carbocycles. The number of phenolic OH excluding ortho intramolecular Hbond substituents is 1. The van der Waals surface area contributed by atoms with Gasteiger partial charge in [0, 0.05) is 30.0 Å². The number of nitrogens with zero attached hydrogens (tertiary/aromatic N) is 4. The topological polar surface area (TPSA) is 61.7 Å². The molecule has 3 fully saturated rings. The average molecular weight is 527 g/mol. The summed E-state index contributed by atoms with van der Waals surface area (Å²) >= 11 is 2.00. The van der Waals surface area contributed by atoms with Gasteiger partial charge in [-0.05, 0) is 91.4 Å². The third kappa shape index (κ3) is 4.07. The molecule has 7 rings (SSSR count). The van der Waals surface area contributed by atoms with E-state index in [-0.39, 0.29) is 11.3 Å². The van der Waals surface area contributed by atoms with Crippen molar-refractivity contribution >= 4 is 39.3 Å². The monoisotopic (exact) mass is 526 g/mol. The highest BCUT2D eigenvalue weighted by molar-refractivity contribution is 7.99. The van der Waals surface area contributed by atoms with Gasteiger partial charge in [-0.1, -0.05) is 30.3 Å². The van der Waals surface area contributed by atoms with E-state index in [4.69, 9.17) is 14.7 Å². The molecule has 4 heterocycles. The Kier molecular flexibility index (Phi) is 6.08. The Morgan fingerprint density at radius 3 is 2.53 bits per heavy atom. The van der Waals surface area contributed by atoms with E-state index in [0.717, 1.165) is 68.8 Å². The first-order valence-electron chi connectivity index (χ1n) is 13.9. The van der Waals surface area contributed by atoms with Crippen LogP contribution in [0.1, 0.15) is 31.2 Å². The van der Waals surface area contributed by atoms with Gasteiger partial charge in [-0.2, -0.15) is 21.7 Å². The molecular formula is C31H34N4O2S. The molecule has 0 atom stereocenters. The van der Waals surface area contributed by atoms with Gasteiger partial charge >= 0.3 is 6.01 Å². The molecule has 0 unspecified atom stereocenters. The normalized spacial score (nSPS) is 19.3. The van der Waals surface area contributed by atoms with Crippen LogP contribution >= 0.6 is 11.8 Å². The first kappa shape index (κ1) is 24.0. The molecule has 0 bridgehead atoms. The van der Waals surface area contributed by atoms with Crippen LogP contribution in [0.15, 0.2) is 48.5 Å². The number of thioether (sulfide) groups is 1. The molecule has 1 aromatic heterocycles. The molecule has 3 saturated heterocycles. The highest BCUT2D eigenvalue weighted by atomic mass is 32.2. The van der Waals surface area contributed by atoms with Crippen molar-refractivity contribution < 1.29 is 9.84 Å². The second-order valence-corrected chi connectivity index (χ2v) is 12.2. The van der Waals surface area contributed by atoms with Gasteiger partial charge in [0.05, 0.1) is 11.1 Å². The molecule has 0 amide bonds. The Labute approximate surface area is 228 Å². The quantitative estimate of drug-likeness (QED) is 0.341. The fourth-order valence-corrected chi connectivity index (χ4v) is 7.75. The predicted molar refractivity (Wildman–Crippen MR) is 157 cm³/mol. The van der Waals surface area contributed by atoms with E-state index in [1.54, 1.807) is 0 Å². The Bertz CT molecular complexity index is 1510. The smallest absolute Gasteiger partial charge is 0.319 e. The van der Waals surface area contributed by atoms with Crippen LogP contribution in [0, 0.1) is 6.92 Å². The number of phenols is 1. The highest BCUT2D eigenvalue weighted by Gasteiger charge is 2.45. The molecule has 3 aliphatic rings. The van der Waals surface area contributed by atoms with Crippen LogP contribution in [-0.2, 0) is 0 Å². The summed E-state index contributed by atoms with van der Waals surface area (Å²) < 4.78 is 6.49. The van der Waals surface area contributed by atoms with Crippen LogP contribution in [-0.4, -0.2) is 69.8 Å². The number of fused-ring (bicyclic) bond motifs is 3. The maximum Gasteiger partial charge on any atom is 0.319 e. The Morgan fingerprint density at radius 1 is 0.921 bits per heavy atom. The first-order chi connectivity index (χ1) is 18.6. The van der Waals surface area contributed by atoms with Crippen molar-refractivity contribution in [2.24, 2.45) is 0 Å². The van der Waals surface area contributed by atoms with Crippen LogP contribution in [0.4, 0.5) is 5.82 Å². The summed E-state index contributed by atoms with van der Waals surface area (Å²) in [6, 6.07) is 16.7. The van der Waals surface area contributed by atoms with Gasteiger partial charge in [-0.15, -0.1) is 0 Å². The summed E-state index contributed by atoms with van der Waals surface area (Å²) in [5, 5.41) is 13.7. The third-order valence-electron chi connectivity index (χ3n) is 8.81. The van der Waals surface area contributed by atoms with Crippen molar-refractivity contribution in [3.05, 3.63) is 54.1 Å². The largest absolute Gasteiger partial charge is 0.508 e. The Hall–Kier alpha value is -3.03. The van der Waals surface area contributed by atoms with E-state index in [0.29, 0.717) is 12.6 Å². The van der Waals surface area contributed by atoms with E-state index in [9.17, 15) is 5.11 Å². The standard InChI is InChI=1S/C31H34N4O2S/c1-21-24(27-19-23(36)18-22-6-2-3-7-25(22)27)8-9-26-28(21)32-30(33-29(26)34-14-16-38-17-15-34)37-20-31-10-4-12-35(31)13-5-11-31/h2-3,6-9,18-19,36H,4-5,10-17,20H2,1H3. The van der Waals surface area contributed by atoms with E-state index in [1.807, 2.05) is 36.0 Å². The summed E-state index contributed by atoms with van der Waals surface area (Å²) in [6.07, 6.45) is 4.90. The number of aromatic hydroxyl groups is 1. The number of benzene rings is 3. The third-order valence-corrected chi connectivity index (χ3v) is 9.75. The summed E-state index contributed by atoms with van der Waals surface area (Å²) in [5.74, 6) is 3.46. The molecule has 3 aromatic carbocycles. The second-order valence-electron chi connectivity index (χ2n) is 11.0. The number of anilines is 1. The van der Waals surface area contributed by atoms with Crippen molar-refractivity contribution in [3.8, 4) is 22.9 Å². The average Bonchev–Trinajstić information content (AvgIpc) is 3.53. The number of hydrogen-bond acceptors (Lipinski definition) is 7. The maximum absolute atomic E-state index is 10.5. The maximum atomic E-state index is 10.5. The van der Waals surface area contributed by atoms with Gasteiger partial charge < -0.3 is 14.7 Å². The van der Waals surface area contributed by atoms with Gasteiger partial charge in [0.2, 0.25) is 0 Å². The summed E-state index contributed by atoms with van der Waals surface area (Å²) in [7, 11) is 0. The number of rotatable bonds is 5. The molecule has 6 nitrogen and oxygen atoms in total. The van der Waals surface area contributed by atoms with Gasteiger partial charge in [0.15, 0.2) is 0 Å². The van der Waals surface area contributed by atoms with Crippen LogP contribution in [0.2, 0.25) is 0 Å². The van der Waals surface area contributed by atoms with Crippen molar-refractivity contribution in [1.29, 1.82) is 0 Å². The fraction of sp³-hybridized carbons (Fsp3) is 0.419. The van der Waals surface area contributed by atoms with Crippen LogP contribution in [0.25, 0.3) is 32.8 Å². The van der Waals surface area contributed by atoms with Crippen LogP contribution in [0.3, 0.4) is 0 Å². The van der Waals surface area contributed by atoms with Crippen molar-refractivity contribution in [1.82, 2.24) is 14.9 Å². The van der Waals surface area contributed by atoms with E-state index < -0.39 is 0 Å². The first-order valence-corrected chi connectivity index (χ1v) is 15.0. The minimum atomic E-state index is 0.150. The van der Waals surface area contributed by atoms with Gasteiger partial charge in [0.25, 0.3) is 0 Å². The second kappa shape index (κ2) is 9.62. The van der Waals surface area contributed by atoms with Gasteiger partial charge in [0.1, 0.15) is 18.2 Å². The zero-order valence-corrected chi connectivity index (χ0v) is 22.8. The molecule has 4 aromatic rings. The van der Waals surface area contributed by atoms with Gasteiger partial charge in [-0.25, -0.2) is 0 Å². The fourth-order valence-electron chi connectivity index (χ4n) is 6.85. The molecule has 0 radical (unpaired) electrons. The predicted octanol–water partition coefficient (Wildman–Crippen LogP) is 6.02. The Morgan fingerprint density at radius 2 is 1.71 bits per heavy atom. The highest BCUT2D eigenvalue weighted by Crippen LogP contribution is 2.41. The minimum absolute atomic E-state index is 0.150. The SMILES string of the molecule is Cc1c(-c2cc(O)cc3ccccc23)ccc2c(N3CCSCC3)nc(OCC34CCCN3CCC4)nc12. The van der Waals surface area contributed by atoms with E-state index in [2.05, 4.69) is 41.0 Å². The number of aromatic nitrogens is 2. The van der Waals surface area contributed by atoms with Crippen molar-refractivity contribution in [2.75, 3.05) is 49.2 Å². The summed E-state index contributed by atoms with van der Waals surface area (Å²) in [5.41, 5.74) is 4.26. The minimum Gasteiger partial charge on any atom is -0.508 e. The molecule has 38 heavy (non-hydrogen) atoms. The lowest BCUT2D eigenvalue weighted by Gasteiger charge is -2.32. The van der Waals surface area contributed by atoms with E-state index >= 15 is 0 Å². The lowest BCUT2D eigenvalue weighted by Crippen LogP contribution is -2.43. The van der Waals surface area contributed by atoms with Crippen molar-refractivity contribution in [2.45, 2.75) is 38.1 Å².